The van der Waals surface area contributed by atoms with Crippen molar-refractivity contribution in [1.82, 2.24) is 4.98 Å². The highest BCUT2D eigenvalue weighted by Gasteiger charge is 2.18. The van der Waals surface area contributed by atoms with E-state index in [1.165, 1.54) is 11.3 Å². The van der Waals surface area contributed by atoms with Gasteiger partial charge in [0, 0.05) is 33.2 Å². The number of hydrogen-bond acceptors (Lipinski definition) is 5. The van der Waals surface area contributed by atoms with E-state index in [0.717, 1.165) is 41.4 Å². The normalized spacial score (nSPS) is 16.2. The molecule has 7 heteroatoms. The van der Waals surface area contributed by atoms with Crippen LogP contribution in [0.1, 0.15) is 23.2 Å². The van der Waals surface area contributed by atoms with Gasteiger partial charge in [-0.3, -0.25) is 10.1 Å². The molecule has 4 nitrogen and oxygen atoms in total. The maximum absolute atomic E-state index is 12.8. The first-order valence-electron chi connectivity index (χ1n) is 9.05. The van der Waals surface area contributed by atoms with Crippen molar-refractivity contribution in [2.24, 2.45) is 0 Å². The summed E-state index contributed by atoms with van der Waals surface area (Å²) in [6, 6.07) is 15.2. The van der Waals surface area contributed by atoms with Gasteiger partial charge in [-0.15, -0.1) is 23.1 Å². The molecule has 1 N–H and O–H groups in total. The van der Waals surface area contributed by atoms with Gasteiger partial charge in [-0.25, -0.2) is 4.98 Å². The fraction of sp³-hybridized carbons (Fsp3) is 0.238. The van der Waals surface area contributed by atoms with Gasteiger partial charge in [-0.1, -0.05) is 35.9 Å². The number of nitrogens with one attached hydrogen (secondary N) is 1. The molecule has 1 atom stereocenters. The van der Waals surface area contributed by atoms with Crippen LogP contribution in [0.3, 0.4) is 0 Å². The molecule has 0 saturated carbocycles. The lowest BCUT2D eigenvalue weighted by Crippen LogP contribution is -2.14. The van der Waals surface area contributed by atoms with Gasteiger partial charge < -0.3 is 4.74 Å². The first-order valence-corrected chi connectivity index (χ1v) is 11.3. The lowest BCUT2D eigenvalue weighted by molar-refractivity contribution is 0.102. The second-order valence-electron chi connectivity index (χ2n) is 6.44. The van der Waals surface area contributed by atoms with E-state index < -0.39 is 0 Å². The second kappa shape index (κ2) is 9.09. The standard InChI is InChI=1S/C21H19ClN2O2S2/c22-15-9-7-14(8-10-15)18-13-28-21(23-18)24-20(25)17-5-1-2-6-19(17)27-12-16-4-3-11-26-16/h1-2,5-10,13,16H,3-4,11-12H2,(H,23,24,25). The minimum Gasteiger partial charge on any atom is -0.377 e. The van der Waals surface area contributed by atoms with Crippen molar-refractivity contribution >= 4 is 45.7 Å². The number of amides is 1. The Labute approximate surface area is 177 Å². The molecule has 1 amide bonds. The number of aromatic nitrogens is 1. The predicted molar refractivity (Wildman–Crippen MR) is 117 cm³/mol. The fourth-order valence-electron chi connectivity index (χ4n) is 2.99. The van der Waals surface area contributed by atoms with Crippen LogP contribution in [0.2, 0.25) is 5.02 Å². The largest absolute Gasteiger partial charge is 0.377 e. The summed E-state index contributed by atoms with van der Waals surface area (Å²) in [6.45, 7) is 0.841. The zero-order chi connectivity index (χ0) is 19.3. The third kappa shape index (κ3) is 4.75. The van der Waals surface area contributed by atoms with Gasteiger partial charge in [0.25, 0.3) is 5.91 Å². The molecule has 1 aliphatic heterocycles. The fourth-order valence-corrected chi connectivity index (χ4v) is 4.95. The highest BCUT2D eigenvalue weighted by molar-refractivity contribution is 7.99. The topological polar surface area (TPSA) is 51.2 Å². The van der Waals surface area contributed by atoms with Crippen molar-refractivity contribution < 1.29 is 9.53 Å². The molecule has 2 heterocycles. The second-order valence-corrected chi connectivity index (χ2v) is 8.80. The summed E-state index contributed by atoms with van der Waals surface area (Å²) in [5.74, 6) is 0.717. The Hall–Kier alpha value is -1.86. The zero-order valence-corrected chi connectivity index (χ0v) is 17.4. The molecule has 2 aromatic carbocycles. The number of carbonyl (C=O) groups is 1. The zero-order valence-electron chi connectivity index (χ0n) is 15.1. The van der Waals surface area contributed by atoms with Crippen LogP contribution in [-0.2, 0) is 4.74 Å². The lowest BCUT2D eigenvalue weighted by atomic mass is 10.2. The Morgan fingerprint density at radius 1 is 1.25 bits per heavy atom. The minimum absolute atomic E-state index is 0.146. The smallest absolute Gasteiger partial charge is 0.258 e. The molecule has 0 aliphatic carbocycles. The number of hydrogen-bond donors (Lipinski definition) is 1. The van der Waals surface area contributed by atoms with Crippen LogP contribution in [-0.4, -0.2) is 29.4 Å². The molecule has 1 unspecified atom stereocenters. The van der Waals surface area contributed by atoms with Crippen LogP contribution in [0.4, 0.5) is 5.13 Å². The van der Waals surface area contributed by atoms with E-state index in [1.54, 1.807) is 11.8 Å². The van der Waals surface area contributed by atoms with Crippen molar-refractivity contribution in [3.8, 4) is 11.3 Å². The van der Waals surface area contributed by atoms with Crippen LogP contribution >= 0.6 is 34.7 Å². The van der Waals surface area contributed by atoms with Crippen LogP contribution in [0, 0.1) is 0 Å². The lowest BCUT2D eigenvalue weighted by Gasteiger charge is -2.11. The van der Waals surface area contributed by atoms with Gasteiger partial charge >= 0.3 is 0 Å². The molecular weight excluding hydrogens is 412 g/mol. The van der Waals surface area contributed by atoms with Crippen molar-refractivity contribution in [2.45, 2.75) is 23.8 Å². The molecule has 1 aliphatic rings. The number of thiazole rings is 1. The molecule has 1 fully saturated rings. The summed E-state index contributed by atoms with van der Waals surface area (Å²) in [6.07, 6.45) is 2.49. The van der Waals surface area contributed by atoms with Crippen molar-refractivity contribution in [3.63, 3.8) is 0 Å². The third-order valence-electron chi connectivity index (χ3n) is 4.45. The van der Waals surface area contributed by atoms with Crippen LogP contribution in [0.5, 0.6) is 0 Å². The monoisotopic (exact) mass is 430 g/mol. The van der Waals surface area contributed by atoms with E-state index in [-0.39, 0.29) is 12.0 Å². The Morgan fingerprint density at radius 3 is 2.86 bits per heavy atom. The van der Waals surface area contributed by atoms with Crippen LogP contribution in [0.15, 0.2) is 58.8 Å². The molecule has 3 aromatic rings. The van der Waals surface area contributed by atoms with Gasteiger partial charge in [0.05, 0.1) is 17.4 Å². The summed E-state index contributed by atoms with van der Waals surface area (Å²) in [5.41, 5.74) is 2.44. The predicted octanol–water partition coefficient (Wildman–Crippen LogP) is 5.99. The van der Waals surface area contributed by atoms with Gasteiger partial charge in [-0.2, -0.15) is 0 Å². The molecule has 28 heavy (non-hydrogen) atoms. The quantitative estimate of drug-likeness (QED) is 0.488. The molecule has 0 radical (unpaired) electrons. The Morgan fingerprint density at radius 2 is 2.07 bits per heavy atom. The number of carbonyl (C=O) groups excluding carboxylic acids is 1. The highest BCUT2D eigenvalue weighted by atomic mass is 35.5. The Kier molecular flexibility index (Phi) is 6.32. The summed E-state index contributed by atoms with van der Waals surface area (Å²) >= 11 is 9.02. The number of halogens is 1. The van der Waals surface area contributed by atoms with Gasteiger partial charge in [0.2, 0.25) is 0 Å². The van der Waals surface area contributed by atoms with E-state index in [2.05, 4.69) is 10.3 Å². The van der Waals surface area contributed by atoms with E-state index in [9.17, 15) is 4.79 Å². The van der Waals surface area contributed by atoms with E-state index in [4.69, 9.17) is 16.3 Å². The van der Waals surface area contributed by atoms with Crippen LogP contribution < -0.4 is 5.32 Å². The Balaban J connectivity index is 1.44. The average Bonchev–Trinajstić information content (AvgIpc) is 3.39. The van der Waals surface area contributed by atoms with Gasteiger partial charge in [0.1, 0.15) is 0 Å². The number of anilines is 1. The number of rotatable bonds is 6. The number of thioether (sulfide) groups is 1. The Bertz CT molecular complexity index is 953. The maximum Gasteiger partial charge on any atom is 0.258 e. The first-order chi connectivity index (χ1) is 13.7. The molecule has 0 bridgehead atoms. The number of nitrogens with zero attached hydrogens (tertiary/aromatic N) is 1. The average molecular weight is 431 g/mol. The van der Waals surface area contributed by atoms with E-state index in [0.29, 0.717) is 15.7 Å². The third-order valence-corrected chi connectivity index (χ3v) is 6.66. The molecular formula is C21H19ClN2O2S2. The van der Waals surface area contributed by atoms with Crippen molar-refractivity contribution in [2.75, 3.05) is 17.7 Å². The molecule has 0 spiro atoms. The van der Waals surface area contributed by atoms with Crippen LogP contribution in [0.25, 0.3) is 11.3 Å². The van der Waals surface area contributed by atoms with Crippen molar-refractivity contribution in [1.29, 1.82) is 0 Å². The summed E-state index contributed by atoms with van der Waals surface area (Å²) in [7, 11) is 0. The summed E-state index contributed by atoms with van der Waals surface area (Å²) in [4.78, 5) is 18.3. The molecule has 1 aromatic heterocycles. The SMILES string of the molecule is O=C(Nc1nc(-c2ccc(Cl)cc2)cs1)c1ccccc1SCC1CCCO1. The minimum atomic E-state index is -0.146. The number of ether oxygens (including phenoxy) is 1. The van der Waals surface area contributed by atoms with Gasteiger partial charge in [-0.05, 0) is 37.1 Å². The number of benzene rings is 2. The van der Waals surface area contributed by atoms with Gasteiger partial charge in [0.15, 0.2) is 5.13 Å². The van der Waals surface area contributed by atoms with E-state index in [1.807, 2.05) is 53.9 Å². The molecule has 4 rings (SSSR count). The molecule has 144 valence electrons. The maximum atomic E-state index is 12.8. The molecule has 1 saturated heterocycles. The summed E-state index contributed by atoms with van der Waals surface area (Å²) < 4.78 is 5.68. The van der Waals surface area contributed by atoms with Crippen molar-refractivity contribution in [3.05, 3.63) is 64.5 Å². The van der Waals surface area contributed by atoms with E-state index >= 15 is 0 Å². The summed E-state index contributed by atoms with van der Waals surface area (Å²) in [5, 5.41) is 6.12. The first kappa shape index (κ1) is 19.5. The highest BCUT2D eigenvalue weighted by Crippen LogP contribution is 2.29.